The van der Waals surface area contributed by atoms with Crippen molar-refractivity contribution in [3.8, 4) is 11.1 Å². The van der Waals surface area contributed by atoms with Crippen LogP contribution < -0.4 is 5.32 Å². The van der Waals surface area contributed by atoms with E-state index in [2.05, 4.69) is 83.6 Å². The van der Waals surface area contributed by atoms with Gasteiger partial charge in [0.15, 0.2) is 0 Å². The molecule has 4 rings (SSSR count). The topological polar surface area (TPSA) is 12.0 Å². The molecular formula is C21H18BrN. The quantitative estimate of drug-likeness (QED) is 0.547. The molecule has 1 N–H and O–H groups in total. The van der Waals surface area contributed by atoms with Crippen LogP contribution in [0.5, 0.6) is 0 Å². The summed E-state index contributed by atoms with van der Waals surface area (Å²) in [6.45, 7) is 4.60. The Hall–Kier alpha value is -2.06. The summed E-state index contributed by atoms with van der Waals surface area (Å²) in [7, 11) is 0. The minimum Gasteiger partial charge on any atom is -0.355 e. The average molecular weight is 364 g/mol. The maximum absolute atomic E-state index is 3.86. The standard InChI is InChI=1S/C21H18BrN/c1-21(2)17-11-7-6-10-15(17)16-12-13-18(20(22)19(16)21)23-14-8-4-3-5-9-14/h3-13,23H,1-2H3. The van der Waals surface area contributed by atoms with Crippen molar-refractivity contribution < 1.29 is 0 Å². The first kappa shape index (κ1) is 14.5. The second kappa shape index (κ2) is 5.24. The number of hydrogen-bond donors (Lipinski definition) is 1. The third kappa shape index (κ3) is 2.21. The third-order valence-corrected chi connectivity index (χ3v) is 5.53. The van der Waals surface area contributed by atoms with E-state index in [1.165, 1.54) is 22.3 Å². The maximum atomic E-state index is 3.86. The van der Waals surface area contributed by atoms with Gasteiger partial charge < -0.3 is 5.32 Å². The summed E-state index contributed by atoms with van der Waals surface area (Å²) in [5.74, 6) is 0. The van der Waals surface area contributed by atoms with Crippen LogP contribution in [0, 0.1) is 0 Å². The van der Waals surface area contributed by atoms with Gasteiger partial charge in [0.25, 0.3) is 0 Å². The Bertz CT molecular complexity index is 882. The summed E-state index contributed by atoms with van der Waals surface area (Å²) in [5, 5.41) is 3.52. The van der Waals surface area contributed by atoms with Gasteiger partial charge in [0.1, 0.15) is 0 Å². The van der Waals surface area contributed by atoms with Crippen molar-refractivity contribution in [2.45, 2.75) is 19.3 Å². The molecule has 0 saturated heterocycles. The molecule has 0 saturated carbocycles. The molecule has 1 aliphatic carbocycles. The van der Waals surface area contributed by atoms with Gasteiger partial charge in [-0.25, -0.2) is 0 Å². The smallest absolute Gasteiger partial charge is 0.0532 e. The van der Waals surface area contributed by atoms with E-state index in [0.717, 1.165) is 15.8 Å². The van der Waals surface area contributed by atoms with Crippen LogP contribution in [0.4, 0.5) is 11.4 Å². The summed E-state index contributed by atoms with van der Waals surface area (Å²) >= 11 is 3.86. The summed E-state index contributed by atoms with van der Waals surface area (Å²) in [5.41, 5.74) is 7.64. The maximum Gasteiger partial charge on any atom is 0.0532 e. The van der Waals surface area contributed by atoms with Gasteiger partial charge in [0.05, 0.1) is 5.69 Å². The van der Waals surface area contributed by atoms with Crippen LogP contribution in [0.25, 0.3) is 11.1 Å². The second-order valence-corrected chi connectivity index (χ2v) is 7.30. The lowest BCUT2D eigenvalue weighted by molar-refractivity contribution is 0.657. The van der Waals surface area contributed by atoms with Crippen molar-refractivity contribution in [3.05, 3.63) is 82.3 Å². The molecule has 0 radical (unpaired) electrons. The second-order valence-electron chi connectivity index (χ2n) is 6.51. The molecule has 0 bridgehead atoms. The van der Waals surface area contributed by atoms with E-state index in [9.17, 15) is 0 Å². The molecule has 1 nitrogen and oxygen atoms in total. The molecular weight excluding hydrogens is 346 g/mol. The van der Waals surface area contributed by atoms with Gasteiger partial charge in [-0.1, -0.05) is 62.4 Å². The number of fused-ring (bicyclic) bond motifs is 3. The molecule has 0 heterocycles. The van der Waals surface area contributed by atoms with E-state index in [-0.39, 0.29) is 5.41 Å². The Labute approximate surface area is 145 Å². The molecule has 0 fully saturated rings. The molecule has 1 aliphatic rings. The Kier molecular flexibility index (Phi) is 3.31. The first-order chi connectivity index (χ1) is 11.1. The van der Waals surface area contributed by atoms with Crippen LogP contribution in [0.2, 0.25) is 0 Å². The molecule has 0 aliphatic heterocycles. The summed E-state index contributed by atoms with van der Waals surface area (Å²) in [6, 6.07) is 23.4. The van der Waals surface area contributed by atoms with Crippen LogP contribution in [-0.2, 0) is 5.41 Å². The fraction of sp³-hybridized carbons (Fsp3) is 0.143. The van der Waals surface area contributed by atoms with E-state index >= 15 is 0 Å². The molecule has 0 aromatic heterocycles. The third-order valence-electron chi connectivity index (χ3n) is 4.71. The lowest BCUT2D eigenvalue weighted by Crippen LogP contribution is -2.16. The molecule has 23 heavy (non-hydrogen) atoms. The van der Waals surface area contributed by atoms with Crippen LogP contribution in [-0.4, -0.2) is 0 Å². The number of benzene rings is 3. The lowest BCUT2D eigenvalue weighted by atomic mass is 9.82. The predicted molar refractivity (Wildman–Crippen MR) is 101 cm³/mol. The number of rotatable bonds is 2. The zero-order chi connectivity index (χ0) is 16.0. The van der Waals surface area contributed by atoms with Crippen molar-refractivity contribution in [3.63, 3.8) is 0 Å². The summed E-state index contributed by atoms with van der Waals surface area (Å²) in [4.78, 5) is 0. The Morgan fingerprint density at radius 3 is 2.26 bits per heavy atom. The number of hydrogen-bond acceptors (Lipinski definition) is 1. The molecule has 2 heteroatoms. The first-order valence-corrected chi connectivity index (χ1v) is 8.63. The van der Waals surface area contributed by atoms with Gasteiger partial charge in [0, 0.05) is 15.6 Å². The van der Waals surface area contributed by atoms with Crippen molar-refractivity contribution in [1.29, 1.82) is 0 Å². The lowest BCUT2D eigenvalue weighted by Gasteiger charge is -2.24. The summed E-state index contributed by atoms with van der Waals surface area (Å²) in [6.07, 6.45) is 0. The highest BCUT2D eigenvalue weighted by Gasteiger charge is 2.37. The molecule has 0 spiro atoms. The molecule has 3 aromatic carbocycles. The van der Waals surface area contributed by atoms with Crippen molar-refractivity contribution in [1.82, 2.24) is 0 Å². The molecule has 0 atom stereocenters. The SMILES string of the molecule is CC1(C)c2ccccc2-c2ccc(Nc3ccccc3)c(Br)c21. The largest absolute Gasteiger partial charge is 0.355 e. The van der Waals surface area contributed by atoms with E-state index < -0.39 is 0 Å². The number of halogens is 1. The van der Waals surface area contributed by atoms with Gasteiger partial charge in [-0.3, -0.25) is 0 Å². The molecule has 114 valence electrons. The Balaban J connectivity index is 1.86. The van der Waals surface area contributed by atoms with Crippen molar-refractivity contribution in [2.75, 3.05) is 5.32 Å². The van der Waals surface area contributed by atoms with Crippen molar-refractivity contribution in [2.24, 2.45) is 0 Å². The fourth-order valence-corrected chi connectivity index (χ4v) is 4.52. The van der Waals surface area contributed by atoms with Gasteiger partial charge in [-0.2, -0.15) is 0 Å². The van der Waals surface area contributed by atoms with Gasteiger partial charge in [-0.15, -0.1) is 0 Å². The van der Waals surface area contributed by atoms with E-state index in [1.807, 2.05) is 18.2 Å². The van der Waals surface area contributed by atoms with E-state index in [0.29, 0.717) is 0 Å². The fourth-order valence-electron chi connectivity index (χ4n) is 3.58. The normalized spacial score (nSPS) is 14.2. The highest BCUT2D eigenvalue weighted by Crippen LogP contribution is 2.52. The number of para-hydroxylation sites is 1. The monoisotopic (exact) mass is 363 g/mol. The van der Waals surface area contributed by atoms with Gasteiger partial charge in [0.2, 0.25) is 0 Å². The Morgan fingerprint density at radius 1 is 0.783 bits per heavy atom. The van der Waals surface area contributed by atoms with E-state index in [4.69, 9.17) is 0 Å². The highest BCUT2D eigenvalue weighted by molar-refractivity contribution is 9.10. The average Bonchev–Trinajstić information content (AvgIpc) is 2.80. The minimum absolute atomic E-state index is 0.000855. The number of anilines is 2. The number of nitrogens with one attached hydrogen (secondary N) is 1. The molecule has 3 aromatic rings. The Morgan fingerprint density at radius 2 is 1.48 bits per heavy atom. The zero-order valence-corrected chi connectivity index (χ0v) is 14.8. The first-order valence-electron chi connectivity index (χ1n) is 7.84. The van der Waals surface area contributed by atoms with Crippen LogP contribution >= 0.6 is 15.9 Å². The van der Waals surface area contributed by atoms with Crippen LogP contribution in [0.15, 0.2) is 71.2 Å². The highest BCUT2D eigenvalue weighted by atomic mass is 79.9. The zero-order valence-electron chi connectivity index (χ0n) is 13.2. The van der Waals surface area contributed by atoms with Crippen LogP contribution in [0.1, 0.15) is 25.0 Å². The van der Waals surface area contributed by atoms with Gasteiger partial charge >= 0.3 is 0 Å². The van der Waals surface area contributed by atoms with E-state index in [1.54, 1.807) is 0 Å². The van der Waals surface area contributed by atoms with Crippen LogP contribution in [0.3, 0.4) is 0 Å². The predicted octanol–water partition coefficient (Wildman–Crippen LogP) is 6.50. The van der Waals surface area contributed by atoms with Gasteiger partial charge in [-0.05, 0) is 56.4 Å². The minimum atomic E-state index is -0.000855. The summed E-state index contributed by atoms with van der Waals surface area (Å²) < 4.78 is 1.15. The molecule has 0 unspecified atom stereocenters. The van der Waals surface area contributed by atoms with Crippen molar-refractivity contribution >= 4 is 27.3 Å². The molecule has 0 amide bonds.